The van der Waals surface area contributed by atoms with Gasteiger partial charge in [-0.2, -0.15) is 0 Å². The average Bonchev–Trinajstić information content (AvgIpc) is 2.38. The molecule has 0 spiro atoms. The van der Waals surface area contributed by atoms with E-state index in [-0.39, 0.29) is 0 Å². The number of rotatable bonds is 9. The predicted octanol–water partition coefficient (Wildman–Crippen LogP) is 3.84. The molecule has 1 aromatic carbocycles. The van der Waals surface area contributed by atoms with Crippen molar-refractivity contribution in [1.82, 2.24) is 10.2 Å². The number of nitrogens with zero attached hydrogens (tertiary/aromatic N) is 1. The molecule has 0 aromatic heterocycles. The molecule has 0 aliphatic heterocycles. The van der Waals surface area contributed by atoms with Gasteiger partial charge >= 0.3 is 0 Å². The number of thiol groups is 1. The molecule has 19 heavy (non-hydrogen) atoms. The Hall–Kier alpha value is 0.190. The fourth-order valence-corrected chi connectivity index (χ4v) is 3.21. The minimum absolute atomic E-state index is 0.565. The Labute approximate surface area is 130 Å². The number of hydrogen-bond donors (Lipinski definition) is 2. The van der Waals surface area contributed by atoms with Crippen molar-refractivity contribution >= 4 is 32.3 Å². The van der Waals surface area contributed by atoms with Crippen molar-refractivity contribution in [2.24, 2.45) is 0 Å². The number of hydrogen-bond acceptors (Lipinski definition) is 5. The van der Waals surface area contributed by atoms with Gasteiger partial charge in [0.1, 0.15) is 0 Å². The van der Waals surface area contributed by atoms with Crippen molar-refractivity contribution in [3.05, 3.63) is 35.4 Å². The lowest BCUT2D eigenvalue weighted by molar-refractivity contribution is 0.387. The van der Waals surface area contributed by atoms with E-state index in [9.17, 15) is 0 Å². The third-order valence-electron chi connectivity index (χ3n) is 2.77. The molecule has 1 N–H and O–H groups in total. The molecule has 5 heteroatoms. The molecule has 108 valence electrons. The third kappa shape index (κ3) is 8.15. The largest absolute Gasteiger partial charge is 0.314 e. The highest BCUT2D eigenvalue weighted by atomic mass is 33.5. The van der Waals surface area contributed by atoms with Crippen LogP contribution in [0.5, 0.6) is 0 Å². The van der Waals surface area contributed by atoms with Gasteiger partial charge in [-0.15, -0.1) is 0 Å². The van der Waals surface area contributed by atoms with E-state index in [0.717, 1.165) is 25.4 Å². The molecule has 0 saturated carbocycles. The Morgan fingerprint density at radius 1 is 1.21 bits per heavy atom. The van der Waals surface area contributed by atoms with Crippen LogP contribution in [0.15, 0.2) is 24.3 Å². The summed E-state index contributed by atoms with van der Waals surface area (Å²) in [6, 6.07) is 9.52. The summed E-state index contributed by atoms with van der Waals surface area (Å²) in [5, 5.41) is 3.44. The van der Waals surface area contributed by atoms with Gasteiger partial charge in [0, 0.05) is 12.6 Å². The normalized spacial score (nSPS) is 11.5. The maximum atomic E-state index is 4.13. The topological polar surface area (TPSA) is 15.3 Å². The van der Waals surface area contributed by atoms with Crippen LogP contribution in [-0.4, -0.2) is 30.4 Å². The van der Waals surface area contributed by atoms with E-state index >= 15 is 0 Å². The van der Waals surface area contributed by atoms with Crippen LogP contribution < -0.4 is 5.32 Å². The van der Waals surface area contributed by atoms with E-state index in [0.29, 0.717) is 6.04 Å². The van der Waals surface area contributed by atoms with Gasteiger partial charge in [-0.1, -0.05) is 60.6 Å². The lowest BCUT2D eigenvalue weighted by atomic mass is 10.1. The first-order chi connectivity index (χ1) is 9.11. The molecule has 0 atom stereocenters. The van der Waals surface area contributed by atoms with Crippen molar-refractivity contribution in [1.29, 1.82) is 0 Å². The maximum Gasteiger partial charge on any atom is 0.0557 e. The summed E-state index contributed by atoms with van der Waals surface area (Å²) in [4.78, 5) is 2.29. The molecule has 0 aliphatic carbocycles. The minimum Gasteiger partial charge on any atom is -0.314 e. The van der Waals surface area contributed by atoms with Gasteiger partial charge in [-0.3, -0.25) is 4.90 Å². The number of benzene rings is 1. The predicted molar refractivity (Wildman–Crippen MR) is 93.8 cm³/mol. The van der Waals surface area contributed by atoms with E-state index in [1.54, 1.807) is 10.8 Å². The molecule has 0 saturated heterocycles. The second-order valence-corrected chi connectivity index (χ2v) is 8.15. The molecule has 2 nitrogen and oxygen atoms in total. The zero-order valence-electron chi connectivity index (χ0n) is 11.9. The molecule has 0 heterocycles. The summed E-state index contributed by atoms with van der Waals surface area (Å²) in [6.07, 6.45) is 1.10. The van der Waals surface area contributed by atoms with Crippen LogP contribution in [0.2, 0.25) is 0 Å². The first-order valence-corrected chi connectivity index (χ1v) is 9.91. The molecular formula is C14H24N2S3. The van der Waals surface area contributed by atoms with Crippen molar-refractivity contribution in [2.75, 3.05) is 19.5 Å². The molecule has 0 radical (unpaired) electrons. The summed E-state index contributed by atoms with van der Waals surface area (Å²) in [5.74, 6) is 0.994. The number of nitrogens with one attached hydrogen (secondary N) is 1. The highest BCUT2D eigenvalue weighted by molar-refractivity contribution is 9.05. The van der Waals surface area contributed by atoms with Crippen molar-refractivity contribution in [3.63, 3.8) is 0 Å². The Bertz CT molecular complexity index is 341. The smallest absolute Gasteiger partial charge is 0.0557 e. The van der Waals surface area contributed by atoms with Crippen LogP contribution in [0, 0.1) is 0 Å². The summed E-state index contributed by atoms with van der Waals surface area (Å²) >= 11 is 4.13. The highest BCUT2D eigenvalue weighted by Gasteiger charge is 2.01. The zero-order chi connectivity index (χ0) is 14.1. The molecule has 0 fully saturated rings. The monoisotopic (exact) mass is 316 g/mol. The molecule has 0 aliphatic rings. The van der Waals surface area contributed by atoms with Crippen LogP contribution >= 0.6 is 32.3 Å². The van der Waals surface area contributed by atoms with Gasteiger partial charge < -0.3 is 5.32 Å². The van der Waals surface area contributed by atoms with Crippen LogP contribution in [-0.2, 0) is 13.0 Å². The van der Waals surface area contributed by atoms with E-state index < -0.39 is 0 Å². The Morgan fingerprint density at radius 3 is 2.42 bits per heavy atom. The van der Waals surface area contributed by atoms with Crippen molar-refractivity contribution < 1.29 is 0 Å². The lowest BCUT2D eigenvalue weighted by Gasteiger charge is -2.15. The first-order valence-electron chi connectivity index (χ1n) is 6.54. The summed E-state index contributed by atoms with van der Waals surface area (Å²) in [6.45, 7) is 6.40. The molecule has 0 unspecified atom stereocenters. The fourth-order valence-electron chi connectivity index (χ4n) is 1.79. The van der Waals surface area contributed by atoms with E-state index in [1.807, 2.05) is 0 Å². The van der Waals surface area contributed by atoms with Gasteiger partial charge in [0.25, 0.3) is 0 Å². The third-order valence-corrected chi connectivity index (χ3v) is 5.00. The maximum absolute atomic E-state index is 4.13. The van der Waals surface area contributed by atoms with Crippen LogP contribution in [0.25, 0.3) is 0 Å². The SMILES string of the molecule is CC(C)NCCc1ccc(CN(C)CSSS)cc1. The zero-order valence-corrected chi connectivity index (χ0v) is 14.5. The summed E-state index contributed by atoms with van der Waals surface area (Å²) in [5.41, 5.74) is 2.77. The average molecular weight is 317 g/mol. The van der Waals surface area contributed by atoms with Crippen LogP contribution in [0.1, 0.15) is 25.0 Å². The Kier molecular flexibility index (Phi) is 9.07. The van der Waals surface area contributed by atoms with E-state index in [2.05, 4.69) is 67.0 Å². The van der Waals surface area contributed by atoms with Gasteiger partial charge in [-0.05, 0) is 41.0 Å². The van der Waals surface area contributed by atoms with Crippen molar-refractivity contribution in [2.45, 2.75) is 32.9 Å². The fraction of sp³-hybridized carbons (Fsp3) is 0.571. The molecule has 0 bridgehead atoms. The minimum atomic E-state index is 0.565. The highest BCUT2D eigenvalue weighted by Crippen LogP contribution is 2.25. The Morgan fingerprint density at radius 2 is 1.84 bits per heavy atom. The van der Waals surface area contributed by atoms with E-state index in [4.69, 9.17) is 0 Å². The van der Waals surface area contributed by atoms with Crippen molar-refractivity contribution in [3.8, 4) is 0 Å². The van der Waals surface area contributed by atoms with E-state index in [1.165, 1.54) is 21.0 Å². The molecule has 0 amide bonds. The quantitative estimate of drug-likeness (QED) is 0.408. The molecular weight excluding hydrogens is 292 g/mol. The molecule has 1 rings (SSSR count). The van der Waals surface area contributed by atoms with Gasteiger partial charge in [0.2, 0.25) is 0 Å². The second kappa shape index (κ2) is 10.00. The van der Waals surface area contributed by atoms with Gasteiger partial charge in [0.15, 0.2) is 0 Å². The molecule has 1 aromatic rings. The second-order valence-electron chi connectivity index (χ2n) is 5.01. The standard InChI is InChI=1S/C14H24N2S3/c1-12(2)15-9-8-13-4-6-14(7-5-13)10-16(3)11-18-19-17/h4-7,12,15,17H,8-11H2,1-3H3. The van der Waals surface area contributed by atoms with Crippen LogP contribution in [0.4, 0.5) is 0 Å². The van der Waals surface area contributed by atoms with Gasteiger partial charge in [-0.25, -0.2) is 0 Å². The van der Waals surface area contributed by atoms with Crippen LogP contribution in [0.3, 0.4) is 0 Å². The summed E-state index contributed by atoms with van der Waals surface area (Å²) in [7, 11) is 5.40. The summed E-state index contributed by atoms with van der Waals surface area (Å²) < 4.78 is 0. The Balaban J connectivity index is 2.34. The first kappa shape index (κ1) is 17.2. The lowest BCUT2D eigenvalue weighted by Crippen LogP contribution is -2.24. The van der Waals surface area contributed by atoms with Gasteiger partial charge in [0.05, 0.1) is 5.88 Å².